The highest BCUT2D eigenvalue weighted by atomic mass is 35.5. The summed E-state index contributed by atoms with van der Waals surface area (Å²) in [6.07, 6.45) is 2.49. The Balaban J connectivity index is 0.00000200. The minimum Gasteiger partial charge on any atom is -0.354 e. The average Bonchev–Trinajstić information content (AvgIpc) is 2.93. The molecular formula is C14H19Cl2N3OS. The number of aromatic nitrogens is 1. The zero-order valence-corrected chi connectivity index (χ0v) is 14.1. The standard InChI is InChI=1S/C14H17N3OS.2ClH/c1-14(15,11-5-3-2-4-6-11)13(18)17-8-7-12-16-9-10-19-12;;/h2-6,9-10H,7-8,15H2,1H3,(H,17,18);2*1H. The zero-order valence-electron chi connectivity index (χ0n) is 11.6. The zero-order chi connectivity index (χ0) is 13.7. The van der Waals surface area contributed by atoms with E-state index in [4.69, 9.17) is 5.73 Å². The number of amides is 1. The molecule has 3 N–H and O–H groups in total. The van der Waals surface area contributed by atoms with Crippen LogP contribution in [-0.2, 0) is 16.8 Å². The molecule has 0 saturated heterocycles. The van der Waals surface area contributed by atoms with Crippen molar-refractivity contribution in [3.8, 4) is 0 Å². The smallest absolute Gasteiger partial charge is 0.244 e. The van der Waals surface area contributed by atoms with E-state index in [1.807, 2.05) is 35.7 Å². The number of halogens is 2. The molecule has 0 saturated carbocycles. The van der Waals surface area contributed by atoms with Gasteiger partial charge in [0.15, 0.2) is 0 Å². The van der Waals surface area contributed by atoms with Crippen LogP contribution >= 0.6 is 36.2 Å². The number of carbonyl (C=O) groups is 1. The molecule has 0 aliphatic carbocycles. The summed E-state index contributed by atoms with van der Waals surface area (Å²) in [6.45, 7) is 2.27. The van der Waals surface area contributed by atoms with Crippen LogP contribution in [0.3, 0.4) is 0 Å². The number of nitrogens with one attached hydrogen (secondary N) is 1. The molecule has 2 aromatic rings. The van der Waals surface area contributed by atoms with E-state index in [-0.39, 0.29) is 30.7 Å². The molecule has 0 aliphatic rings. The Morgan fingerprint density at radius 3 is 2.57 bits per heavy atom. The van der Waals surface area contributed by atoms with Gasteiger partial charge in [-0.1, -0.05) is 30.3 Å². The third-order valence-corrected chi connectivity index (χ3v) is 3.79. The molecule has 7 heteroatoms. The van der Waals surface area contributed by atoms with Gasteiger partial charge in [-0.15, -0.1) is 36.2 Å². The minimum absolute atomic E-state index is 0. The molecule has 0 bridgehead atoms. The van der Waals surface area contributed by atoms with Crippen molar-refractivity contribution in [2.75, 3.05) is 6.54 Å². The summed E-state index contributed by atoms with van der Waals surface area (Å²) in [4.78, 5) is 16.3. The Kier molecular flexibility index (Phi) is 8.51. The van der Waals surface area contributed by atoms with Gasteiger partial charge >= 0.3 is 0 Å². The molecule has 1 atom stereocenters. The van der Waals surface area contributed by atoms with Crippen LogP contribution in [0.2, 0.25) is 0 Å². The van der Waals surface area contributed by atoms with Crippen molar-refractivity contribution >= 4 is 42.1 Å². The molecule has 116 valence electrons. The molecule has 2 rings (SSSR count). The first-order valence-corrected chi connectivity index (χ1v) is 7.00. The van der Waals surface area contributed by atoms with Crippen LogP contribution in [0.25, 0.3) is 0 Å². The maximum Gasteiger partial charge on any atom is 0.244 e. The van der Waals surface area contributed by atoms with Gasteiger partial charge in [-0.2, -0.15) is 0 Å². The molecule has 0 fully saturated rings. The fraction of sp³-hybridized carbons (Fsp3) is 0.286. The van der Waals surface area contributed by atoms with E-state index in [0.29, 0.717) is 6.54 Å². The third-order valence-electron chi connectivity index (χ3n) is 2.95. The van der Waals surface area contributed by atoms with Crippen molar-refractivity contribution in [3.05, 3.63) is 52.5 Å². The summed E-state index contributed by atoms with van der Waals surface area (Å²) in [5.41, 5.74) is 5.91. The van der Waals surface area contributed by atoms with Crippen LogP contribution < -0.4 is 11.1 Å². The minimum atomic E-state index is -1.01. The van der Waals surface area contributed by atoms with E-state index < -0.39 is 5.54 Å². The van der Waals surface area contributed by atoms with E-state index in [1.165, 1.54) is 0 Å². The van der Waals surface area contributed by atoms with Gasteiger partial charge in [0.05, 0.1) is 5.01 Å². The van der Waals surface area contributed by atoms with E-state index in [2.05, 4.69) is 10.3 Å². The van der Waals surface area contributed by atoms with Crippen LogP contribution in [0.15, 0.2) is 41.9 Å². The van der Waals surface area contributed by atoms with Crippen molar-refractivity contribution in [3.63, 3.8) is 0 Å². The summed E-state index contributed by atoms with van der Waals surface area (Å²) in [7, 11) is 0. The lowest BCUT2D eigenvalue weighted by atomic mass is 9.92. The number of hydrogen-bond acceptors (Lipinski definition) is 4. The van der Waals surface area contributed by atoms with Gasteiger partial charge in [-0.25, -0.2) is 4.98 Å². The lowest BCUT2D eigenvalue weighted by Gasteiger charge is -2.24. The van der Waals surface area contributed by atoms with Crippen LogP contribution in [0, 0.1) is 0 Å². The lowest BCUT2D eigenvalue weighted by molar-refractivity contribution is -0.126. The van der Waals surface area contributed by atoms with E-state index >= 15 is 0 Å². The molecule has 0 aliphatic heterocycles. The maximum absolute atomic E-state index is 12.1. The predicted molar refractivity (Wildman–Crippen MR) is 91.3 cm³/mol. The fourth-order valence-corrected chi connectivity index (χ4v) is 2.38. The SMILES string of the molecule is CC(N)(C(=O)NCCc1nccs1)c1ccccc1.Cl.Cl. The molecule has 1 aromatic carbocycles. The lowest BCUT2D eigenvalue weighted by Crippen LogP contribution is -2.49. The molecule has 1 amide bonds. The topological polar surface area (TPSA) is 68.0 Å². The maximum atomic E-state index is 12.1. The number of nitrogens with two attached hydrogens (primary N) is 1. The van der Waals surface area contributed by atoms with Crippen molar-refractivity contribution in [2.45, 2.75) is 18.9 Å². The van der Waals surface area contributed by atoms with Crippen LogP contribution in [0.5, 0.6) is 0 Å². The van der Waals surface area contributed by atoms with Gasteiger partial charge in [0.2, 0.25) is 5.91 Å². The highest BCUT2D eigenvalue weighted by Crippen LogP contribution is 2.17. The molecule has 1 heterocycles. The van der Waals surface area contributed by atoms with Gasteiger partial charge < -0.3 is 11.1 Å². The van der Waals surface area contributed by atoms with Gasteiger partial charge in [0.1, 0.15) is 5.54 Å². The van der Waals surface area contributed by atoms with Gasteiger partial charge in [-0.05, 0) is 12.5 Å². The number of benzene rings is 1. The molecule has 1 unspecified atom stereocenters. The monoisotopic (exact) mass is 347 g/mol. The van der Waals surface area contributed by atoms with Crippen LogP contribution in [-0.4, -0.2) is 17.4 Å². The summed E-state index contributed by atoms with van der Waals surface area (Å²) in [6, 6.07) is 9.38. The third kappa shape index (κ3) is 5.28. The van der Waals surface area contributed by atoms with E-state index in [0.717, 1.165) is 17.0 Å². The van der Waals surface area contributed by atoms with Crippen LogP contribution in [0.1, 0.15) is 17.5 Å². The summed E-state index contributed by atoms with van der Waals surface area (Å²) in [5, 5.41) is 5.80. The van der Waals surface area contributed by atoms with Gasteiger partial charge in [-0.3, -0.25) is 4.79 Å². The Morgan fingerprint density at radius 2 is 2.00 bits per heavy atom. The molecule has 0 spiro atoms. The number of carbonyl (C=O) groups excluding carboxylic acids is 1. The van der Waals surface area contributed by atoms with E-state index in [9.17, 15) is 4.79 Å². The number of hydrogen-bond donors (Lipinski definition) is 2. The van der Waals surface area contributed by atoms with Gasteiger partial charge in [0, 0.05) is 24.5 Å². The molecule has 0 radical (unpaired) electrons. The van der Waals surface area contributed by atoms with E-state index in [1.54, 1.807) is 24.5 Å². The largest absolute Gasteiger partial charge is 0.354 e. The Labute approximate surface area is 141 Å². The Morgan fingerprint density at radius 1 is 1.33 bits per heavy atom. The van der Waals surface area contributed by atoms with Crippen molar-refractivity contribution in [2.24, 2.45) is 5.73 Å². The Bertz CT molecular complexity index is 532. The second-order valence-electron chi connectivity index (χ2n) is 4.50. The highest BCUT2D eigenvalue weighted by molar-refractivity contribution is 7.09. The molecule has 21 heavy (non-hydrogen) atoms. The number of nitrogens with zero attached hydrogens (tertiary/aromatic N) is 1. The van der Waals surface area contributed by atoms with Gasteiger partial charge in [0.25, 0.3) is 0 Å². The first-order valence-electron chi connectivity index (χ1n) is 6.12. The van der Waals surface area contributed by atoms with Crippen molar-refractivity contribution < 1.29 is 4.79 Å². The number of thiazole rings is 1. The summed E-state index contributed by atoms with van der Waals surface area (Å²) < 4.78 is 0. The highest BCUT2D eigenvalue weighted by Gasteiger charge is 2.29. The van der Waals surface area contributed by atoms with Crippen molar-refractivity contribution in [1.29, 1.82) is 0 Å². The quantitative estimate of drug-likeness (QED) is 0.873. The summed E-state index contributed by atoms with van der Waals surface area (Å²) >= 11 is 1.58. The van der Waals surface area contributed by atoms with Crippen LogP contribution in [0.4, 0.5) is 0 Å². The first kappa shape index (κ1) is 19.9. The van der Waals surface area contributed by atoms with Crippen molar-refractivity contribution in [1.82, 2.24) is 10.3 Å². The Hall–Kier alpha value is -1.14. The predicted octanol–water partition coefficient (Wildman–Crippen LogP) is 2.52. The first-order chi connectivity index (χ1) is 9.10. The fourth-order valence-electron chi connectivity index (χ4n) is 1.76. The number of rotatable bonds is 5. The molecule has 1 aromatic heterocycles. The summed E-state index contributed by atoms with van der Waals surface area (Å²) in [5.74, 6) is -0.171. The normalized spacial score (nSPS) is 12.5. The average molecular weight is 348 g/mol. The molecule has 4 nitrogen and oxygen atoms in total. The second-order valence-corrected chi connectivity index (χ2v) is 5.48. The molecular weight excluding hydrogens is 329 g/mol. The second kappa shape index (κ2) is 9.00.